The molecule has 5 heteroatoms. The summed E-state index contributed by atoms with van der Waals surface area (Å²) in [4.78, 5) is 21.4. The molecule has 1 aromatic carbocycles. The van der Waals surface area contributed by atoms with Gasteiger partial charge in [-0.25, -0.2) is 9.97 Å². The first-order chi connectivity index (χ1) is 12.2. The number of hydrogen-bond donors (Lipinski definition) is 1. The highest BCUT2D eigenvalue weighted by Crippen LogP contribution is 2.32. The van der Waals surface area contributed by atoms with Crippen LogP contribution in [0.4, 0.5) is 5.95 Å². The summed E-state index contributed by atoms with van der Waals surface area (Å²) in [7, 11) is 0. The predicted molar refractivity (Wildman–Crippen MR) is 96.1 cm³/mol. The van der Waals surface area contributed by atoms with Gasteiger partial charge in [-0.05, 0) is 37.7 Å². The van der Waals surface area contributed by atoms with Crippen LogP contribution in [-0.2, 0) is 11.2 Å². The summed E-state index contributed by atoms with van der Waals surface area (Å²) in [5, 5.41) is 3.26. The largest absolute Gasteiger partial charge is 0.376 e. The molecular weight excluding hydrogens is 314 g/mol. The third-order valence-corrected chi connectivity index (χ3v) is 5.10. The Bertz CT molecular complexity index is 767. The molecule has 5 nitrogen and oxygen atoms in total. The second-order valence-corrected chi connectivity index (χ2v) is 7.01. The molecule has 0 spiro atoms. The minimum Gasteiger partial charge on any atom is -0.376 e. The third-order valence-electron chi connectivity index (χ3n) is 5.10. The van der Waals surface area contributed by atoms with Gasteiger partial charge in [0.1, 0.15) is 0 Å². The topological polar surface area (TPSA) is 64.1 Å². The van der Waals surface area contributed by atoms with Crippen LogP contribution in [0.1, 0.15) is 52.4 Å². The Morgan fingerprint density at radius 1 is 1.24 bits per heavy atom. The number of benzene rings is 1. The van der Waals surface area contributed by atoms with Crippen LogP contribution in [0.3, 0.4) is 0 Å². The molecule has 0 bridgehead atoms. The molecule has 2 aromatic rings. The smallest absolute Gasteiger partial charge is 0.222 e. The van der Waals surface area contributed by atoms with Gasteiger partial charge >= 0.3 is 0 Å². The van der Waals surface area contributed by atoms with Crippen molar-refractivity contribution in [1.82, 2.24) is 9.97 Å². The van der Waals surface area contributed by atoms with E-state index in [0.717, 1.165) is 31.6 Å². The Labute approximate surface area is 147 Å². The maximum Gasteiger partial charge on any atom is 0.222 e. The Kier molecular flexibility index (Phi) is 4.49. The summed E-state index contributed by atoms with van der Waals surface area (Å²) >= 11 is 0. The molecule has 2 heterocycles. The van der Waals surface area contributed by atoms with Gasteiger partial charge < -0.3 is 10.1 Å². The standard InChI is InChI=1S/C20H23N3O2/c1-13-4-6-14(7-5-13)15-9-18-17(19(24)10-15)12-22-20(23-18)21-11-16-3-2-8-25-16/h4-7,12,15-16H,2-3,8-11H2,1H3,(H,21,22,23)/t15-,16-/m1/s1. The van der Waals surface area contributed by atoms with Crippen LogP contribution in [0.5, 0.6) is 0 Å². The van der Waals surface area contributed by atoms with Crippen LogP contribution < -0.4 is 5.32 Å². The number of aromatic nitrogens is 2. The molecule has 0 radical (unpaired) electrons. The molecule has 0 unspecified atom stereocenters. The molecule has 1 saturated heterocycles. The number of nitrogens with zero attached hydrogens (tertiary/aromatic N) is 2. The third kappa shape index (κ3) is 3.56. The number of rotatable bonds is 4. The van der Waals surface area contributed by atoms with Crippen molar-refractivity contribution in [2.75, 3.05) is 18.5 Å². The zero-order chi connectivity index (χ0) is 17.2. The average Bonchev–Trinajstić information content (AvgIpc) is 3.14. The number of aryl methyl sites for hydroxylation is 1. The molecule has 0 amide bonds. The highest BCUT2D eigenvalue weighted by Gasteiger charge is 2.28. The van der Waals surface area contributed by atoms with Gasteiger partial charge in [-0.3, -0.25) is 4.79 Å². The van der Waals surface area contributed by atoms with Gasteiger partial charge in [0.25, 0.3) is 0 Å². The lowest BCUT2D eigenvalue weighted by Crippen LogP contribution is -2.23. The zero-order valence-corrected chi connectivity index (χ0v) is 14.5. The van der Waals surface area contributed by atoms with Gasteiger partial charge in [0, 0.05) is 25.8 Å². The van der Waals surface area contributed by atoms with Crippen molar-refractivity contribution in [3.05, 3.63) is 52.8 Å². The number of anilines is 1. The number of fused-ring (bicyclic) bond motifs is 1. The van der Waals surface area contributed by atoms with Crippen LogP contribution in [0.2, 0.25) is 0 Å². The van der Waals surface area contributed by atoms with E-state index < -0.39 is 0 Å². The van der Waals surface area contributed by atoms with Crippen LogP contribution in [-0.4, -0.2) is 35.0 Å². The van der Waals surface area contributed by atoms with Crippen molar-refractivity contribution in [3.63, 3.8) is 0 Å². The van der Waals surface area contributed by atoms with Crippen LogP contribution in [0, 0.1) is 6.92 Å². The monoisotopic (exact) mass is 337 g/mol. The molecule has 2 atom stereocenters. The lowest BCUT2D eigenvalue weighted by molar-refractivity contribution is 0.0962. The second-order valence-electron chi connectivity index (χ2n) is 7.01. The lowest BCUT2D eigenvalue weighted by atomic mass is 9.82. The Morgan fingerprint density at radius 2 is 2.08 bits per heavy atom. The summed E-state index contributed by atoms with van der Waals surface area (Å²) in [5.74, 6) is 0.922. The zero-order valence-electron chi connectivity index (χ0n) is 14.5. The highest BCUT2D eigenvalue weighted by molar-refractivity contribution is 5.98. The second kappa shape index (κ2) is 6.92. The van der Waals surface area contributed by atoms with Crippen LogP contribution in [0.15, 0.2) is 30.5 Å². The van der Waals surface area contributed by atoms with Crippen LogP contribution in [0.25, 0.3) is 0 Å². The number of Topliss-reactive ketones (excluding diaryl/α,β-unsaturated/α-hetero) is 1. The van der Waals surface area contributed by atoms with Gasteiger partial charge in [-0.1, -0.05) is 29.8 Å². The van der Waals surface area contributed by atoms with Gasteiger partial charge in [0.2, 0.25) is 5.95 Å². The van der Waals surface area contributed by atoms with Gasteiger partial charge in [0.15, 0.2) is 5.78 Å². The molecule has 1 N–H and O–H groups in total. The van der Waals surface area contributed by atoms with Gasteiger partial charge in [-0.15, -0.1) is 0 Å². The number of carbonyl (C=O) groups is 1. The average molecular weight is 337 g/mol. The van der Waals surface area contributed by atoms with Crippen molar-refractivity contribution in [3.8, 4) is 0 Å². The van der Waals surface area contributed by atoms with E-state index in [-0.39, 0.29) is 17.8 Å². The Morgan fingerprint density at radius 3 is 2.84 bits per heavy atom. The maximum atomic E-state index is 12.5. The van der Waals surface area contributed by atoms with Gasteiger partial charge in [0.05, 0.1) is 17.4 Å². The van der Waals surface area contributed by atoms with Crippen LogP contribution >= 0.6 is 0 Å². The van der Waals surface area contributed by atoms with E-state index in [2.05, 4.69) is 46.5 Å². The van der Waals surface area contributed by atoms with E-state index in [1.807, 2.05) is 0 Å². The normalized spacial score (nSPS) is 22.7. The van der Waals surface area contributed by atoms with E-state index in [4.69, 9.17) is 4.74 Å². The summed E-state index contributed by atoms with van der Waals surface area (Å²) in [6.07, 6.45) is 5.41. The summed E-state index contributed by atoms with van der Waals surface area (Å²) < 4.78 is 5.62. The molecule has 1 aliphatic heterocycles. The van der Waals surface area contributed by atoms with Gasteiger partial charge in [-0.2, -0.15) is 0 Å². The number of nitrogens with one attached hydrogen (secondary N) is 1. The molecule has 1 aliphatic carbocycles. The van der Waals surface area contributed by atoms with Crippen molar-refractivity contribution < 1.29 is 9.53 Å². The lowest BCUT2D eigenvalue weighted by Gasteiger charge is -2.23. The number of hydrogen-bond acceptors (Lipinski definition) is 5. The predicted octanol–water partition coefficient (Wildman–Crippen LogP) is 3.29. The maximum absolute atomic E-state index is 12.5. The molecule has 2 aliphatic rings. The van der Waals surface area contributed by atoms with Crippen molar-refractivity contribution in [1.29, 1.82) is 0 Å². The van der Waals surface area contributed by atoms with Crippen molar-refractivity contribution >= 4 is 11.7 Å². The first-order valence-corrected chi connectivity index (χ1v) is 9.00. The molecule has 25 heavy (non-hydrogen) atoms. The minimum absolute atomic E-state index is 0.137. The van der Waals surface area contributed by atoms with E-state index in [1.165, 1.54) is 11.1 Å². The first kappa shape index (κ1) is 16.2. The molecule has 4 rings (SSSR count). The molecule has 130 valence electrons. The minimum atomic E-state index is 0.137. The number of carbonyl (C=O) groups excluding carboxylic acids is 1. The highest BCUT2D eigenvalue weighted by atomic mass is 16.5. The quantitative estimate of drug-likeness (QED) is 0.927. The summed E-state index contributed by atoms with van der Waals surface area (Å²) in [6, 6.07) is 8.44. The summed E-state index contributed by atoms with van der Waals surface area (Å²) in [6.45, 7) is 3.63. The first-order valence-electron chi connectivity index (χ1n) is 9.00. The number of ether oxygens (including phenoxy) is 1. The number of ketones is 1. The fourth-order valence-corrected chi connectivity index (χ4v) is 3.61. The SMILES string of the molecule is Cc1ccc([C@H]2CC(=O)c3cnc(NC[C@H]4CCCO4)nc3C2)cc1. The fourth-order valence-electron chi connectivity index (χ4n) is 3.61. The van der Waals surface area contributed by atoms with E-state index in [0.29, 0.717) is 24.5 Å². The molecular formula is C20H23N3O2. The Balaban J connectivity index is 1.51. The molecule has 1 aromatic heterocycles. The molecule has 0 saturated carbocycles. The van der Waals surface area contributed by atoms with E-state index in [1.54, 1.807) is 6.20 Å². The summed E-state index contributed by atoms with van der Waals surface area (Å²) in [5.41, 5.74) is 3.96. The van der Waals surface area contributed by atoms with Crippen molar-refractivity contribution in [2.45, 2.75) is 44.6 Å². The fraction of sp³-hybridized carbons (Fsp3) is 0.450. The van der Waals surface area contributed by atoms with E-state index in [9.17, 15) is 4.79 Å². The van der Waals surface area contributed by atoms with Crippen molar-refractivity contribution in [2.24, 2.45) is 0 Å². The molecule has 1 fully saturated rings. The Hall–Kier alpha value is -2.27. The van der Waals surface area contributed by atoms with E-state index >= 15 is 0 Å².